The zero-order valence-electron chi connectivity index (χ0n) is 12.3. The number of aliphatic hydroxyl groups excluding tert-OH is 1. The average molecular weight is 322 g/mol. The molecular formula is C15H18N2O4S. The van der Waals surface area contributed by atoms with Gasteiger partial charge in [-0.1, -0.05) is 18.3 Å². The van der Waals surface area contributed by atoms with E-state index in [1.165, 1.54) is 11.3 Å². The first-order chi connectivity index (χ1) is 10.7. The van der Waals surface area contributed by atoms with Gasteiger partial charge >= 0.3 is 4.87 Å². The number of aromatic amines is 1. The first-order valence-electron chi connectivity index (χ1n) is 7.16. The molecule has 22 heavy (non-hydrogen) atoms. The summed E-state index contributed by atoms with van der Waals surface area (Å²) in [7, 11) is 0. The van der Waals surface area contributed by atoms with Gasteiger partial charge in [0.25, 0.3) is 0 Å². The highest BCUT2D eigenvalue weighted by Crippen LogP contribution is 2.36. The molecule has 0 amide bonds. The number of aliphatic hydroxyl groups is 1. The number of ether oxygens (including phenoxy) is 2. The standard InChI is InChI=1S/C15H18N2O4S/c1-2-17(5-6-18)8-13-14(16-15(19)22-13)10-3-4-11-12(7-10)21-9-20-11/h3-4,7,18H,2,5-6,8-9H2,1H3,(H,16,19). The fourth-order valence-corrected chi connectivity index (χ4v) is 3.35. The number of thiazole rings is 1. The van der Waals surface area contributed by atoms with Crippen molar-refractivity contribution in [2.75, 3.05) is 26.5 Å². The number of nitrogens with zero attached hydrogens (tertiary/aromatic N) is 1. The van der Waals surface area contributed by atoms with Crippen molar-refractivity contribution in [3.63, 3.8) is 0 Å². The molecule has 1 aliphatic rings. The zero-order chi connectivity index (χ0) is 15.5. The Labute approximate surface area is 131 Å². The van der Waals surface area contributed by atoms with E-state index in [9.17, 15) is 4.79 Å². The number of H-pyrrole nitrogens is 1. The molecule has 118 valence electrons. The lowest BCUT2D eigenvalue weighted by molar-refractivity contribution is 0.174. The van der Waals surface area contributed by atoms with Crippen LogP contribution >= 0.6 is 11.3 Å². The van der Waals surface area contributed by atoms with Crippen LogP contribution in [-0.4, -0.2) is 41.5 Å². The highest BCUT2D eigenvalue weighted by atomic mass is 32.1. The normalized spacial score (nSPS) is 13.0. The Morgan fingerprint density at radius 1 is 1.36 bits per heavy atom. The molecule has 2 N–H and O–H groups in total. The van der Waals surface area contributed by atoms with Gasteiger partial charge < -0.3 is 19.6 Å². The molecule has 1 aromatic heterocycles. The Balaban J connectivity index is 1.92. The summed E-state index contributed by atoms with van der Waals surface area (Å²) in [5.41, 5.74) is 1.71. The van der Waals surface area contributed by atoms with Crippen LogP contribution in [0.15, 0.2) is 23.0 Å². The number of nitrogens with one attached hydrogen (secondary N) is 1. The minimum absolute atomic E-state index is 0.0808. The van der Waals surface area contributed by atoms with Crippen molar-refractivity contribution >= 4 is 11.3 Å². The predicted octanol–water partition coefficient (Wildman–Crippen LogP) is 1.65. The van der Waals surface area contributed by atoms with Crippen LogP contribution in [0.2, 0.25) is 0 Å². The molecule has 0 aliphatic carbocycles. The molecule has 0 unspecified atom stereocenters. The van der Waals surface area contributed by atoms with E-state index in [4.69, 9.17) is 14.6 Å². The van der Waals surface area contributed by atoms with Gasteiger partial charge in [0, 0.05) is 23.5 Å². The number of aromatic nitrogens is 1. The van der Waals surface area contributed by atoms with E-state index in [1.807, 2.05) is 25.1 Å². The molecule has 0 bridgehead atoms. The summed E-state index contributed by atoms with van der Waals surface area (Å²) in [6.45, 7) is 4.39. The molecule has 0 saturated heterocycles. The molecule has 0 saturated carbocycles. The summed E-state index contributed by atoms with van der Waals surface area (Å²) in [4.78, 5) is 17.7. The highest BCUT2D eigenvalue weighted by Gasteiger charge is 2.18. The molecule has 6 nitrogen and oxygen atoms in total. The van der Waals surface area contributed by atoms with E-state index < -0.39 is 0 Å². The fraction of sp³-hybridized carbons (Fsp3) is 0.400. The van der Waals surface area contributed by atoms with Gasteiger partial charge in [-0.05, 0) is 24.7 Å². The monoisotopic (exact) mass is 322 g/mol. The first-order valence-corrected chi connectivity index (χ1v) is 7.98. The Morgan fingerprint density at radius 3 is 2.95 bits per heavy atom. The van der Waals surface area contributed by atoms with Gasteiger partial charge in [0.1, 0.15) is 0 Å². The second-order valence-electron chi connectivity index (χ2n) is 4.97. The molecule has 1 aliphatic heterocycles. The average Bonchev–Trinajstić information content (AvgIpc) is 3.12. The van der Waals surface area contributed by atoms with Crippen LogP contribution in [0.25, 0.3) is 11.3 Å². The molecule has 0 atom stereocenters. The van der Waals surface area contributed by atoms with Gasteiger partial charge in [-0.25, -0.2) is 0 Å². The first kappa shape index (κ1) is 15.1. The van der Waals surface area contributed by atoms with Crippen molar-refractivity contribution in [1.29, 1.82) is 0 Å². The van der Waals surface area contributed by atoms with E-state index >= 15 is 0 Å². The maximum Gasteiger partial charge on any atom is 0.305 e. The number of fused-ring (bicyclic) bond motifs is 1. The quantitative estimate of drug-likeness (QED) is 0.846. The third-order valence-electron chi connectivity index (χ3n) is 3.61. The molecule has 3 rings (SSSR count). The largest absolute Gasteiger partial charge is 0.454 e. The summed E-state index contributed by atoms with van der Waals surface area (Å²) in [5.74, 6) is 1.41. The Kier molecular flexibility index (Phi) is 4.47. The van der Waals surface area contributed by atoms with Gasteiger partial charge in [-0.3, -0.25) is 9.69 Å². The van der Waals surface area contributed by atoms with Crippen LogP contribution in [0, 0.1) is 0 Å². The molecule has 0 radical (unpaired) electrons. The minimum Gasteiger partial charge on any atom is -0.454 e. The smallest absolute Gasteiger partial charge is 0.305 e. The third-order valence-corrected chi connectivity index (χ3v) is 4.48. The summed E-state index contributed by atoms with van der Waals surface area (Å²) in [6.07, 6.45) is 0. The van der Waals surface area contributed by atoms with Crippen LogP contribution < -0.4 is 14.3 Å². The Morgan fingerprint density at radius 2 is 2.18 bits per heavy atom. The number of hydrogen-bond donors (Lipinski definition) is 2. The molecular weight excluding hydrogens is 304 g/mol. The zero-order valence-corrected chi connectivity index (χ0v) is 13.1. The van der Waals surface area contributed by atoms with Crippen molar-refractivity contribution in [2.24, 2.45) is 0 Å². The van der Waals surface area contributed by atoms with Gasteiger partial charge in [-0.15, -0.1) is 0 Å². The lowest BCUT2D eigenvalue weighted by Gasteiger charge is -2.18. The van der Waals surface area contributed by atoms with E-state index in [2.05, 4.69) is 9.88 Å². The van der Waals surface area contributed by atoms with E-state index in [0.29, 0.717) is 18.8 Å². The molecule has 7 heteroatoms. The SMILES string of the molecule is CCN(CCO)Cc1sc(=O)[nH]c1-c1ccc2c(c1)OCO2. The van der Waals surface area contributed by atoms with Crippen molar-refractivity contribution < 1.29 is 14.6 Å². The summed E-state index contributed by atoms with van der Waals surface area (Å²) < 4.78 is 10.7. The number of benzene rings is 1. The van der Waals surface area contributed by atoms with Crippen LogP contribution in [0.4, 0.5) is 0 Å². The Bertz CT molecular complexity index is 710. The highest BCUT2D eigenvalue weighted by molar-refractivity contribution is 7.09. The van der Waals surface area contributed by atoms with Gasteiger partial charge in [0.05, 0.1) is 12.3 Å². The van der Waals surface area contributed by atoms with Crippen LogP contribution in [0.3, 0.4) is 0 Å². The Hall–Kier alpha value is -1.83. The second kappa shape index (κ2) is 6.51. The lowest BCUT2D eigenvalue weighted by Crippen LogP contribution is -2.25. The van der Waals surface area contributed by atoms with Crippen molar-refractivity contribution in [3.05, 3.63) is 32.7 Å². The molecule has 2 heterocycles. The third kappa shape index (κ3) is 3.01. The summed E-state index contributed by atoms with van der Waals surface area (Å²) >= 11 is 1.21. The maximum absolute atomic E-state index is 11.8. The van der Waals surface area contributed by atoms with E-state index in [-0.39, 0.29) is 18.3 Å². The van der Waals surface area contributed by atoms with E-state index in [0.717, 1.165) is 28.4 Å². The van der Waals surface area contributed by atoms with Gasteiger partial charge in [0.15, 0.2) is 11.5 Å². The van der Waals surface area contributed by atoms with Crippen LogP contribution in [-0.2, 0) is 6.54 Å². The minimum atomic E-state index is -0.0808. The summed E-state index contributed by atoms with van der Waals surface area (Å²) in [5, 5.41) is 9.10. The van der Waals surface area contributed by atoms with Crippen molar-refractivity contribution in [3.8, 4) is 22.8 Å². The van der Waals surface area contributed by atoms with Gasteiger partial charge in [-0.2, -0.15) is 0 Å². The fourth-order valence-electron chi connectivity index (χ4n) is 2.45. The topological polar surface area (TPSA) is 74.8 Å². The summed E-state index contributed by atoms with van der Waals surface area (Å²) in [6, 6.07) is 5.65. The molecule has 0 spiro atoms. The lowest BCUT2D eigenvalue weighted by atomic mass is 10.1. The number of hydrogen-bond acceptors (Lipinski definition) is 6. The van der Waals surface area contributed by atoms with Crippen molar-refractivity contribution in [2.45, 2.75) is 13.5 Å². The maximum atomic E-state index is 11.8. The van der Waals surface area contributed by atoms with E-state index in [1.54, 1.807) is 0 Å². The van der Waals surface area contributed by atoms with Crippen LogP contribution in [0.1, 0.15) is 11.8 Å². The number of rotatable bonds is 6. The molecule has 1 aromatic carbocycles. The molecule has 0 fully saturated rings. The molecule has 2 aromatic rings. The van der Waals surface area contributed by atoms with Crippen molar-refractivity contribution in [1.82, 2.24) is 9.88 Å². The second-order valence-corrected chi connectivity index (χ2v) is 6.04. The number of likely N-dealkylation sites (N-methyl/N-ethyl adjacent to an activating group) is 1. The predicted molar refractivity (Wildman–Crippen MR) is 84.5 cm³/mol. The van der Waals surface area contributed by atoms with Crippen LogP contribution in [0.5, 0.6) is 11.5 Å². The van der Waals surface area contributed by atoms with Gasteiger partial charge in [0.2, 0.25) is 6.79 Å².